The fourth-order valence-electron chi connectivity index (χ4n) is 1.39. The Morgan fingerprint density at radius 2 is 1.61 bits per heavy atom. The minimum Gasteiger partial charge on any atom is -0.465 e. The highest BCUT2D eigenvalue weighted by Gasteiger charge is 2.11. The summed E-state index contributed by atoms with van der Waals surface area (Å²) < 4.78 is 4.77. The van der Waals surface area contributed by atoms with Crippen molar-refractivity contribution in [1.29, 1.82) is 0 Å². The number of carbonyl (C=O) groups is 1. The highest BCUT2D eigenvalue weighted by atomic mass is 33.1. The summed E-state index contributed by atoms with van der Waals surface area (Å²) in [5, 5.41) is 0. The summed E-state index contributed by atoms with van der Waals surface area (Å²) in [6.45, 7) is 0. The minimum absolute atomic E-state index is 0.299. The van der Waals surface area contributed by atoms with Gasteiger partial charge >= 0.3 is 5.97 Å². The lowest BCUT2D eigenvalue weighted by Crippen LogP contribution is -2.02. The summed E-state index contributed by atoms with van der Waals surface area (Å²) in [5.41, 5.74) is 0.605. The van der Waals surface area contributed by atoms with Crippen LogP contribution in [0, 0.1) is 0 Å². The third kappa shape index (κ3) is 3.31. The van der Waals surface area contributed by atoms with Gasteiger partial charge in [-0.05, 0) is 24.3 Å². The maximum Gasteiger partial charge on any atom is 0.339 e. The molecule has 18 heavy (non-hydrogen) atoms. The SMILES string of the molecule is COC(=O)c1ccccc1SSc1ccccc1. The number of methoxy groups -OCH3 is 1. The predicted octanol–water partition coefficient (Wildman–Crippen LogP) is 4.27. The zero-order valence-electron chi connectivity index (χ0n) is 9.83. The van der Waals surface area contributed by atoms with Crippen LogP contribution in [0.1, 0.15) is 10.4 Å². The number of rotatable bonds is 4. The monoisotopic (exact) mass is 276 g/mol. The third-order valence-corrected chi connectivity index (χ3v) is 4.71. The van der Waals surface area contributed by atoms with Crippen molar-refractivity contribution in [2.75, 3.05) is 7.11 Å². The van der Waals surface area contributed by atoms with E-state index < -0.39 is 0 Å². The molecule has 4 heteroatoms. The quantitative estimate of drug-likeness (QED) is 0.615. The molecule has 0 saturated carbocycles. The van der Waals surface area contributed by atoms with Gasteiger partial charge in [-0.1, -0.05) is 51.9 Å². The molecule has 0 aliphatic carbocycles. The summed E-state index contributed by atoms with van der Waals surface area (Å²) in [4.78, 5) is 13.7. The van der Waals surface area contributed by atoms with Crippen LogP contribution in [-0.2, 0) is 4.74 Å². The van der Waals surface area contributed by atoms with E-state index in [0.717, 1.165) is 9.79 Å². The fourth-order valence-corrected chi connectivity index (χ4v) is 3.54. The van der Waals surface area contributed by atoms with Gasteiger partial charge in [0.2, 0.25) is 0 Å². The number of carbonyl (C=O) groups excluding carboxylic acids is 1. The van der Waals surface area contributed by atoms with Crippen molar-refractivity contribution in [1.82, 2.24) is 0 Å². The molecule has 0 saturated heterocycles. The Morgan fingerprint density at radius 1 is 0.944 bits per heavy atom. The molecule has 0 atom stereocenters. The minimum atomic E-state index is -0.299. The first-order valence-corrected chi connectivity index (χ1v) is 7.53. The lowest BCUT2D eigenvalue weighted by molar-refractivity contribution is 0.0597. The molecule has 0 aromatic heterocycles. The van der Waals surface area contributed by atoms with Crippen LogP contribution in [0.5, 0.6) is 0 Å². The smallest absolute Gasteiger partial charge is 0.339 e. The zero-order valence-corrected chi connectivity index (χ0v) is 11.5. The summed E-state index contributed by atoms with van der Waals surface area (Å²) in [7, 11) is 4.58. The van der Waals surface area contributed by atoms with Gasteiger partial charge in [0.1, 0.15) is 0 Å². The molecule has 2 aromatic rings. The predicted molar refractivity (Wildman–Crippen MR) is 75.9 cm³/mol. The molecule has 0 amide bonds. The highest BCUT2D eigenvalue weighted by Crippen LogP contribution is 2.38. The van der Waals surface area contributed by atoms with Crippen LogP contribution in [0.4, 0.5) is 0 Å². The van der Waals surface area contributed by atoms with E-state index in [0.29, 0.717) is 5.56 Å². The Kier molecular flexibility index (Phi) is 4.73. The Balaban J connectivity index is 2.12. The molecular weight excluding hydrogens is 264 g/mol. The van der Waals surface area contributed by atoms with Crippen LogP contribution in [0.25, 0.3) is 0 Å². The second-order valence-corrected chi connectivity index (χ2v) is 5.71. The summed E-state index contributed by atoms with van der Waals surface area (Å²) in [5.74, 6) is -0.299. The normalized spacial score (nSPS) is 10.1. The van der Waals surface area contributed by atoms with Crippen LogP contribution in [0.15, 0.2) is 64.4 Å². The van der Waals surface area contributed by atoms with Gasteiger partial charge in [-0.2, -0.15) is 0 Å². The van der Waals surface area contributed by atoms with E-state index in [1.165, 1.54) is 7.11 Å². The molecule has 92 valence electrons. The molecule has 2 rings (SSSR count). The first kappa shape index (κ1) is 13.1. The Labute approximate surface area is 114 Å². The molecule has 2 aromatic carbocycles. The number of benzene rings is 2. The van der Waals surface area contributed by atoms with Gasteiger partial charge < -0.3 is 4.74 Å². The van der Waals surface area contributed by atoms with Gasteiger partial charge in [-0.3, -0.25) is 0 Å². The number of hydrogen-bond donors (Lipinski definition) is 0. The molecule has 0 fully saturated rings. The topological polar surface area (TPSA) is 26.3 Å². The van der Waals surface area contributed by atoms with E-state index in [2.05, 4.69) is 0 Å². The Hall–Kier alpha value is -1.39. The molecule has 0 bridgehead atoms. The van der Waals surface area contributed by atoms with Crippen molar-refractivity contribution in [2.45, 2.75) is 9.79 Å². The van der Waals surface area contributed by atoms with E-state index in [-0.39, 0.29) is 5.97 Å². The van der Waals surface area contributed by atoms with E-state index in [1.54, 1.807) is 27.7 Å². The molecule has 0 aliphatic heterocycles. The van der Waals surface area contributed by atoms with Gasteiger partial charge in [-0.25, -0.2) is 4.79 Å². The van der Waals surface area contributed by atoms with Crippen LogP contribution >= 0.6 is 21.6 Å². The zero-order chi connectivity index (χ0) is 12.8. The lowest BCUT2D eigenvalue weighted by atomic mass is 10.2. The van der Waals surface area contributed by atoms with Gasteiger partial charge in [-0.15, -0.1) is 0 Å². The van der Waals surface area contributed by atoms with E-state index in [1.807, 2.05) is 48.5 Å². The maximum absolute atomic E-state index is 11.6. The van der Waals surface area contributed by atoms with Crippen LogP contribution < -0.4 is 0 Å². The summed E-state index contributed by atoms with van der Waals surface area (Å²) in [6.07, 6.45) is 0. The first-order valence-electron chi connectivity index (χ1n) is 5.38. The largest absolute Gasteiger partial charge is 0.465 e. The summed E-state index contributed by atoms with van der Waals surface area (Å²) in [6, 6.07) is 17.5. The van der Waals surface area contributed by atoms with E-state index >= 15 is 0 Å². The molecule has 0 radical (unpaired) electrons. The maximum atomic E-state index is 11.6. The average molecular weight is 276 g/mol. The first-order chi connectivity index (χ1) is 8.81. The molecular formula is C14H12O2S2. The van der Waals surface area contributed by atoms with E-state index in [9.17, 15) is 4.79 Å². The van der Waals surface area contributed by atoms with Crippen molar-refractivity contribution in [2.24, 2.45) is 0 Å². The Morgan fingerprint density at radius 3 is 2.33 bits per heavy atom. The van der Waals surface area contributed by atoms with Crippen LogP contribution in [0.3, 0.4) is 0 Å². The van der Waals surface area contributed by atoms with Crippen molar-refractivity contribution < 1.29 is 9.53 Å². The van der Waals surface area contributed by atoms with Crippen LogP contribution in [-0.4, -0.2) is 13.1 Å². The third-order valence-electron chi connectivity index (χ3n) is 2.26. The summed E-state index contributed by atoms with van der Waals surface area (Å²) >= 11 is 0. The molecule has 0 unspecified atom stereocenters. The van der Waals surface area contributed by atoms with Gasteiger partial charge in [0, 0.05) is 9.79 Å². The second-order valence-electron chi connectivity index (χ2n) is 3.47. The standard InChI is InChI=1S/C14H12O2S2/c1-16-14(15)12-9-5-6-10-13(12)18-17-11-7-3-2-4-8-11/h2-10H,1H3. The fraction of sp³-hybridized carbons (Fsp3) is 0.0714. The average Bonchev–Trinajstić information content (AvgIpc) is 2.45. The number of esters is 1. The van der Waals surface area contributed by atoms with Crippen molar-refractivity contribution in [3.8, 4) is 0 Å². The molecule has 0 heterocycles. The van der Waals surface area contributed by atoms with E-state index in [4.69, 9.17) is 4.74 Å². The molecule has 0 N–H and O–H groups in total. The number of ether oxygens (including phenoxy) is 1. The van der Waals surface area contributed by atoms with Gasteiger partial charge in [0.05, 0.1) is 12.7 Å². The highest BCUT2D eigenvalue weighted by molar-refractivity contribution is 8.76. The van der Waals surface area contributed by atoms with Gasteiger partial charge in [0.15, 0.2) is 0 Å². The molecule has 2 nitrogen and oxygen atoms in total. The number of hydrogen-bond acceptors (Lipinski definition) is 4. The van der Waals surface area contributed by atoms with Crippen molar-refractivity contribution in [3.05, 3.63) is 60.2 Å². The molecule has 0 spiro atoms. The van der Waals surface area contributed by atoms with Crippen LogP contribution in [0.2, 0.25) is 0 Å². The Bertz CT molecular complexity index is 526. The molecule has 0 aliphatic rings. The second kappa shape index (κ2) is 6.52. The lowest BCUT2D eigenvalue weighted by Gasteiger charge is -2.06. The van der Waals surface area contributed by atoms with Gasteiger partial charge in [0.25, 0.3) is 0 Å². The van der Waals surface area contributed by atoms with Crippen molar-refractivity contribution >= 4 is 27.6 Å². The van der Waals surface area contributed by atoms with Crippen molar-refractivity contribution in [3.63, 3.8) is 0 Å².